The molecule has 0 aromatic heterocycles. The number of nitrogens with one attached hydrogen (secondary N) is 1. The fraction of sp³-hybridized carbons (Fsp3) is 0.222. The van der Waals surface area contributed by atoms with E-state index in [2.05, 4.69) is 10.5 Å². The lowest BCUT2D eigenvalue weighted by atomic mass is 10.1. The average Bonchev–Trinajstić information content (AvgIpc) is 2.48. The molecule has 0 heterocycles. The van der Waals surface area contributed by atoms with Crippen LogP contribution in [-0.4, -0.2) is 23.8 Å². The molecule has 2 rings (SSSR count). The molecule has 0 radical (unpaired) electrons. The van der Waals surface area contributed by atoms with E-state index >= 15 is 0 Å². The molecule has 0 aliphatic heterocycles. The molecule has 0 bridgehead atoms. The number of phenolic OH excluding ortho intramolecular Hbond substituents is 1. The molecule has 5 nitrogen and oxygen atoms in total. The predicted molar refractivity (Wildman–Crippen MR) is 90.0 cm³/mol. The van der Waals surface area contributed by atoms with Crippen LogP contribution >= 0.6 is 0 Å². The van der Waals surface area contributed by atoms with E-state index in [9.17, 15) is 9.90 Å². The molecule has 0 atom stereocenters. The lowest BCUT2D eigenvalue weighted by Crippen LogP contribution is -2.24. The smallest absolute Gasteiger partial charge is 0.277 e. The topological polar surface area (TPSA) is 70.9 Å². The Hall–Kier alpha value is -2.82. The van der Waals surface area contributed by atoms with E-state index in [4.69, 9.17) is 4.74 Å². The second-order valence-electron chi connectivity index (χ2n) is 5.41. The van der Waals surface area contributed by atoms with Crippen LogP contribution in [0.25, 0.3) is 0 Å². The van der Waals surface area contributed by atoms with Gasteiger partial charge in [0.2, 0.25) is 0 Å². The van der Waals surface area contributed by atoms with Crippen LogP contribution in [-0.2, 0) is 4.79 Å². The molecule has 0 saturated heterocycles. The maximum absolute atomic E-state index is 11.7. The number of aryl methyl sites for hydroxylation is 3. The van der Waals surface area contributed by atoms with Gasteiger partial charge in [0.05, 0.1) is 6.21 Å². The van der Waals surface area contributed by atoms with Gasteiger partial charge in [0.25, 0.3) is 5.91 Å². The van der Waals surface area contributed by atoms with Crippen molar-refractivity contribution in [3.05, 3.63) is 58.7 Å². The van der Waals surface area contributed by atoms with E-state index in [0.717, 1.165) is 16.7 Å². The highest BCUT2D eigenvalue weighted by molar-refractivity contribution is 5.85. The number of hydrogen-bond acceptors (Lipinski definition) is 4. The summed E-state index contributed by atoms with van der Waals surface area (Å²) in [5, 5.41) is 13.5. The first-order chi connectivity index (χ1) is 11.0. The number of aromatic hydroxyl groups is 1. The highest BCUT2D eigenvalue weighted by Crippen LogP contribution is 2.18. The number of carbonyl (C=O) groups excluding carboxylic acids is 1. The Labute approximate surface area is 135 Å². The van der Waals surface area contributed by atoms with Crippen molar-refractivity contribution in [3.8, 4) is 11.5 Å². The molecule has 0 aliphatic carbocycles. The van der Waals surface area contributed by atoms with Crippen molar-refractivity contribution in [1.29, 1.82) is 0 Å². The van der Waals surface area contributed by atoms with Crippen LogP contribution in [0.2, 0.25) is 0 Å². The lowest BCUT2D eigenvalue weighted by Gasteiger charge is -2.08. The van der Waals surface area contributed by atoms with Crippen molar-refractivity contribution >= 4 is 12.1 Å². The number of rotatable bonds is 5. The van der Waals surface area contributed by atoms with Crippen molar-refractivity contribution < 1.29 is 14.6 Å². The maximum atomic E-state index is 11.7. The third kappa shape index (κ3) is 4.85. The van der Waals surface area contributed by atoms with E-state index < -0.39 is 0 Å². The van der Waals surface area contributed by atoms with Crippen molar-refractivity contribution in [2.45, 2.75) is 20.8 Å². The van der Waals surface area contributed by atoms with Gasteiger partial charge in [0, 0.05) is 5.56 Å². The van der Waals surface area contributed by atoms with E-state index in [1.807, 2.05) is 45.0 Å². The van der Waals surface area contributed by atoms with Gasteiger partial charge in [-0.15, -0.1) is 0 Å². The second kappa shape index (κ2) is 7.45. The normalized spacial score (nSPS) is 10.7. The minimum atomic E-state index is -0.368. The van der Waals surface area contributed by atoms with Crippen LogP contribution in [0.3, 0.4) is 0 Å². The number of nitrogens with zero attached hydrogens (tertiary/aromatic N) is 1. The average molecular weight is 312 g/mol. The van der Waals surface area contributed by atoms with Gasteiger partial charge in [-0.05, 0) is 50.1 Å². The number of carbonyl (C=O) groups is 1. The Balaban J connectivity index is 1.86. The highest BCUT2D eigenvalue weighted by atomic mass is 16.5. The second-order valence-corrected chi connectivity index (χ2v) is 5.41. The summed E-state index contributed by atoms with van der Waals surface area (Å²) >= 11 is 0. The molecule has 2 N–H and O–H groups in total. The first kappa shape index (κ1) is 16.5. The summed E-state index contributed by atoms with van der Waals surface area (Å²) in [7, 11) is 0. The molecule has 0 unspecified atom stereocenters. The monoisotopic (exact) mass is 312 g/mol. The zero-order chi connectivity index (χ0) is 16.8. The third-order valence-corrected chi connectivity index (χ3v) is 3.27. The molecular formula is C18H20N2O3. The molecule has 2 aromatic carbocycles. The van der Waals surface area contributed by atoms with E-state index in [1.54, 1.807) is 12.1 Å². The van der Waals surface area contributed by atoms with Crippen LogP contribution in [0.1, 0.15) is 22.3 Å². The first-order valence-corrected chi connectivity index (χ1v) is 7.27. The van der Waals surface area contributed by atoms with Gasteiger partial charge in [-0.1, -0.05) is 23.8 Å². The SMILES string of the molecule is Cc1ccc(OCC(=O)NN=Cc2ccc(C)cc2O)c(C)c1. The van der Waals surface area contributed by atoms with Gasteiger partial charge in [-0.25, -0.2) is 5.43 Å². The Kier molecular flexibility index (Phi) is 5.36. The molecule has 2 aromatic rings. The number of hydrogen-bond donors (Lipinski definition) is 2. The van der Waals surface area contributed by atoms with E-state index in [-0.39, 0.29) is 18.3 Å². The van der Waals surface area contributed by atoms with Crippen LogP contribution < -0.4 is 10.2 Å². The Morgan fingerprint density at radius 1 is 1.17 bits per heavy atom. The molecule has 0 aliphatic rings. The zero-order valence-electron chi connectivity index (χ0n) is 13.5. The molecule has 0 spiro atoms. The maximum Gasteiger partial charge on any atom is 0.277 e. The number of amides is 1. The summed E-state index contributed by atoms with van der Waals surface area (Å²) in [6.45, 7) is 5.69. The summed E-state index contributed by atoms with van der Waals surface area (Å²) in [6, 6.07) is 11.0. The van der Waals surface area contributed by atoms with Gasteiger partial charge >= 0.3 is 0 Å². The first-order valence-electron chi connectivity index (χ1n) is 7.27. The van der Waals surface area contributed by atoms with E-state index in [0.29, 0.717) is 11.3 Å². The summed E-state index contributed by atoms with van der Waals surface area (Å²) in [6.07, 6.45) is 1.39. The van der Waals surface area contributed by atoms with E-state index in [1.165, 1.54) is 6.21 Å². The fourth-order valence-corrected chi connectivity index (χ4v) is 2.07. The molecular weight excluding hydrogens is 292 g/mol. The predicted octanol–water partition coefficient (Wildman–Crippen LogP) is 2.85. The van der Waals surface area contributed by atoms with Crippen molar-refractivity contribution in [1.82, 2.24) is 5.43 Å². The van der Waals surface area contributed by atoms with Crippen LogP contribution in [0.15, 0.2) is 41.5 Å². The number of hydrazone groups is 1. The van der Waals surface area contributed by atoms with Gasteiger partial charge in [-0.2, -0.15) is 5.10 Å². The standard InChI is InChI=1S/C18H20N2O3/c1-12-5-7-17(14(3)8-12)23-11-18(22)20-19-10-15-6-4-13(2)9-16(15)21/h4-10,21H,11H2,1-3H3,(H,20,22). The molecule has 0 saturated carbocycles. The Morgan fingerprint density at radius 2 is 1.87 bits per heavy atom. The molecule has 1 amide bonds. The summed E-state index contributed by atoms with van der Waals surface area (Å²) < 4.78 is 5.46. The van der Waals surface area contributed by atoms with Crippen LogP contribution in [0, 0.1) is 20.8 Å². The quantitative estimate of drug-likeness (QED) is 0.659. The van der Waals surface area contributed by atoms with Crippen molar-refractivity contribution in [2.24, 2.45) is 5.10 Å². The molecule has 5 heteroatoms. The summed E-state index contributed by atoms with van der Waals surface area (Å²) in [4.78, 5) is 11.7. The number of benzene rings is 2. The highest BCUT2D eigenvalue weighted by Gasteiger charge is 2.04. The van der Waals surface area contributed by atoms with Crippen LogP contribution in [0.4, 0.5) is 0 Å². The fourth-order valence-electron chi connectivity index (χ4n) is 2.07. The molecule has 120 valence electrons. The summed E-state index contributed by atoms with van der Waals surface area (Å²) in [5.74, 6) is 0.424. The summed E-state index contributed by atoms with van der Waals surface area (Å²) in [5.41, 5.74) is 5.97. The van der Waals surface area contributed by atoms with Crippen molar-refractivity contribution in [3.63, 3.8) is 0 Å². The van der Waals surface area contributed by atoms with Crippen molar-refractivity contribution in [2.75, 3.05) is 6.61 Å². The molecule has 23 heavy (non-hydrogen) atoms. The zero-order valence-corrected chi connectivity index (χ0v) is 13.5. The Morgan fingerprint density at radius 3 is 2.57 bits per heavy atom. The van der Waals surface area contributed by atoms with Gasteiger partial charge < -0.3 is 9.84 Å². The van der Waals surface area contributed by atoms with Gasteiger partial charge in [0.1, 0.15) is 11.5 Å². The third-order valence-electron chi connectivity index (χ3n) is 3.27. The minimum absolute atomic E-state index is 0.120. The number of phenols is 1. The Bertz CT molecular complexity index is 739. The molecule has 0 fully saturated rings. The van der Waals surface area contributed by atoms with Gasteiger partial charge in [-0.3, -0.25) is 4.79 Å². The minimum Gasteiger partial charge on any atom is -0.507 e. The van der Waals surface area contributed by atoms with Gasteiger partial charge in [0.15, 0.2) is 6.61 Å². The number of ether oxygens (including phenoxy) is 1. The lowest BCUT2D eigenvalue weighted by molar-refractivity contribution is -0.123. The largest absolute Gasteiger partial charge is 0.507 e. The van der Waals surface area contributed by atoms with Crippen LogP contribution in [0.5, 0.6) is 11.5 Å².